The molecule has 1 atom stereocenters. The lowest BCUT2D eigenvalue weighted by molar-refractivity contribution is 0.293. The number of rotatable bonds is 11. The molecule has 24 heavy (non-hydrogen) atoms. The van der Waals surface area contributed by atoms with E-state index in [4.69, 9.17) is 9.29 Å². The Hall–Kier alpha value is -1.32. The molecule has 0 aliphatic rings. The van der Waals surface area contributed by atoms with Crippen LogP contribution >= 0.6 is 0 Å². The number of benzene rings is 1. The van der Waals surface area contributed by atoms with Crippen LogP contribution in [0.1, 0.15) is 19.3 Å². The molecule has 1 unspecified atom stereocenters. The first-order valence-corrected chi connectivity index (χ1v) is 10.2. The lowest BCUT2D eigenvalue weighted by atomic mass is 10.2. The Morgan fingerprint density at radius 3 is 2.79 bits per heavy atom. The lowest BCUT2D eigenvalue weighted by Gasteiger charge is -2.08. The fraction of sp³-hybridized carbons (Fsp3) is 0.438. The summed E-state index contributed by atoms with van der Waals surface area (Å²) in [5, 5.41) is 5.29. The van der Waals surface area contributed by atoms with Gasteiger partial charge in [0.15, 0.2) is 0 Å². The first-order chi connectivity index (χ1) is 11.6. The second-order valence-corrected chi connectivity index (χ2v) is 7.60. The molecule has 0 radical (unpaired) electrons. The van der Waals surface area contributed by atoms with Crippen LogP contribution in [0.3, 0.4) is 0 Å². The molecule has 1 heterocycles. The molecular formula is C16H22N2O4S2. The highest BCUT2D eigenvalue weighted by Crippen LogP contribution is 2.22. The SMILES string of the molecule is O=S(O)(=S)OCCNCCCCCOc1nccc2ccccc12. The van der Waals surface area contributed by atoms with Crippen LogP contribution in [0, 0.1) is 0 Å². The van der Waals surface area contributed by atoms with E-state index in [-0.39, 0.29) is 6.61 Å². The number of hydrogen-bond acceptors (Lipinski definition) is 6. The van der Waals surface area contributed by atoms with E-state index in [9.17, 15) is 4.21 Å². The fourth-order valence-corrected chi connectivity index (χ4v) is 2.75. The number of hydrogen-bond donors (Lipinski definition) is 2. The highest BCUT2D eigenvalue weighted by Gasteiger charge is 2.02. The van der Waals surface area contributed by atoms with Gasteiger partial charge in [-0.1, -0.05) is 18.2 Å². The summed E-state index contributed by atoms with van der Waals surface area (Å²) in [6.45, 7) is 2.09. The largest absolute Gasteiger partial charge is 0.477 e. The van der Waals surface area contributed by atoms with E-state index >= 15 is 0 Å². The number of unbranched alkanes of at least 4 members (excludes halogenated alkanes) is 2. The quantitative estimate of drug-likeness (QED) is 0.588. The van der Waals surface area contributed by atoms with Crippen molar-refractivity contribution in [2.45, 2.75) is 19.3 Å². The number of nitrogens with zero attached hydrogens (tertiary/aromatic N) is 1. The fourth-order valence-electron chi connectivity index (χ4n) is 2.25. The highest BCUT2D eigenvalue weighted by atomic mass is 32.9. The summed E-state index contributed by atoms with van der Waals surface area (Å²) in [6, 6.07) is 10.0. The Morgan fingerprint density at radius 2 is 1.96 bits per heavy atom. The molecule has 1 aromatic carbocycles. The standard InChI is InChI=1S/C16H22N2O4S2/c19-24(20,23)22-13-11-17-9-4-1-5-12-21-16-15-7-3-2-6-14(15)8-10-18-16/h2-3,6-8,10,17H,1,4-5,9,11-13H2,(H,19,20,23). The van der Waals surface area contributed by atoms with Crippen molar-refractivity contribution >= 4 is 31.0 Å². The minimum absolute atomic E-state index is 0.134. The summed E-state index contributed by atoms with van der Waals surface area (Å²) in [5.41, 5.74) is 0. The van der Waals surface area contributed by atoms with Gasteiger partial charge in [-0.25, -0.2) is 4.98 Å². The molecule has 0 amide bonds. The summed E-state index contributed by atoms with van der Waals surface area (Å²) in [6.07, 6.45) is 4.72. The lowest BCUT2D eigenvalue weighted by Crippen LogP contribution is -2.22. The molecule has 1 aromatic heterocycles. The maximum absolute atomic E-state index is 10.7. The number of aromatic nitrogens is 1. The Bertz CT molecular complexity index is 732. The molecule has 0 saturated carbocycles. The van der Waals surface area contributed by atoms with Crippen molar-refractivity contribution in [3.05, 3.63) is 36.5 Å². The molecule has 0 spiro atoms. The van der Waals surface area contributed by atoms with Crippen molar-refractivity contribution in [3.8, 4) is 5.88 Å². The van der Waals surface area contributed by atoms with E-state index in [0.717, 1.165) is 36.6 Å². The third-order valence-corrected chi connectivity index (χ3v) is 4.14. The van der Waals surface area contributed by atoms with Crippen molar-refractivity contribution in [2.24, 2.45) is 0 Å². The first kappa shape index (κ1) is 19.0. The van der Waals surface area contributed by atoms with E-state index in [1.165, 1.54) is 0 Å². The van der Waals surface area contributed by atoms with Crippen LogP contribution in [-0.2, 0) is 24.4 Å². The Labute approximate surface area is 147 Å². The monoisotopic (exact) mass is 370 g/mol. The molecular weight excluding hydrogens is 348 g/mol. The van der Waals surface area contributed by atoms with E-state index in [2.05, 4.69) is 25.7 Å². The van der Waals surface area contributed by atoms with Crippen molar-refractivity contribution in [1.82, 2.24) is 10.3 Å². The Kier molecular flexibility index (Phi) is 7.80. The van der Waals surface area contributed by atoms with Gasteiger partial charge in [-0.05, 0) is 43.3 Å². The summed E-state index contributed by atoms with van der Waals surface area (Å²) in [5.74, 6) is 0.680. The van der Waals surface area contributed by atoms with Crippen molar-refractivity contribution in [3.63, 3.8) is 0 Å². The van der Waals surface area contributed by atoms with E-state index in [0.29, 0.717) is 19.0 Å². The average Bonchev–Trinajstić information content (AvgIpc) is 2.55. The van der Waals surface area contributed by atoms with Gasteiger partial charge in [-0.3, -0.25) is 8.74 Å². The van der Waals surface area contributed by atoms with Crippen LogP contribution in [0.15, 0.2) is 36.5 Å². The zero-order chi connectivity index (χ0) is 17.3. The number of pyridine rings is 1. The minimum atomic E-state index is -3.50. The average molecular weight is 370 g/mol. The van der Waals surface area contributed by atoms with Gasteiger partial charge in [0.1, 0.15) is 0 Å². The summed E-state index contributed by atoms with van der Waals surface area (Å²) in [7, 11) is -3.50. The van der Waals surface area contributed by atoms with Crippen LogP contribution in [0.2, 0.25) is 0 Å². The molecule has 2 rings (SSSR count). The number of fused-ring (bicyclic) bond motifs is 1. The van der Waals surface area contributed by atoms with Crippen molar-refractivity contribution in [1.29, 1.82) is 0 Å². The van der Waals surface area contributed by atoms with Crippen LogP contribution in [-0.4, -0.2) is 40.0 Å². The predicted octanol–water partition coefficient (Wildman–Crippen LogP) is 2.52. The van der Waals surface area contributed by atoms with Gasteiger partial charge in [-0.2, -0.15) is 4.21 Å². The van der Waals surface area contributed by atoms with Crippen LogP contribution in [0.5, 0.6) is 5.88 Å². The Morgan fingerprint density at radius 1 is 1.12 bits per heavy atom. The zero-order valence-electron chi connectivity index (χ0n) is 13.3. The van der Waals surface area contributed by atoms with Crippen molar-refractivity contribution in [2.75, 3.05) is 26.3 Å². The maximum Gasteiger partial charge on any atom is 0.266 e. The third-order valence-electron chi connectivity index (χ3n) is 3.38. The van der Waals surface area contributed by atoms with Crippen molar-refractivity contribution < 1.29 is 17.7 Å². The maximum atomic E-state index is 10.7. The van der Waals surface area contributed by atoms with Gasteiger partial charge in [0.05, 0.1) is 13.2 Å². The summed E-state index contributed by atoms with van der Waals surface area (Å²) < 4.78 is 29.8. The third kappa shape index (κ3) is 7.06. The summed E-state index contributed by atoms with van der Waals surface area (Å²) >= 11 is 4.22. The molecule has 0 aliphatic heterocycles. The molecule has 6 nitrogen and oxygen atoms in total. The van der Waals surface area contributed by atoms with E-state index < -0.39 is 9.05 Å². The van der Waals surface area contributed by atoms with Crippen LogP contribution < -0.4 is 10.1 Å². The molecule has 8 heteroatoms. The van der Waals surface area contributed by atoms with E-state index in [1.807, 2.05) is 30.3 Å². The topological polar surface area (TPSA) is 80.7 Å². The predicted molar refractivity (Wildman–Crippen MR) is 98.0 cm³/mol. The normalized spacial score (nSPS) is 13.7. The molecule has 0 fully saturated rings. The smallest absolute Gasteiger partial charge is 0.266 e. The van der Waals surface area contributed by atoms with Gasteiger partial charge in [0, 0.05) is 29.3 Å². The zero-order valence-corrected chi connectivity index (χ0v) is 15.0. The molecule has 2 N–H and O–H groups in total. The molecule has 132 valence electrons. The first-order valence-electron chi connectivity index (χ1n) is 7.85. The molecule has 2 aromatic rings. The van der Waals surface area contributed by atoms with E-state index in [1.54, 1.807) is 6.20 Å². The minimum Gasteiger partial charge on any atom is -0.477 e. The molecule has 0 aliphatic carbocycles. The molecule has 0 saturated heterocycles. The second kappa shape index (κ2) is 9.85. The van der Waals surface area contributed by atoms with Gasteiger partial charge < -0.3 is 10.1 Å². The Balaban J connectivity index is 1.55. The van der Waals surface area contributed by atoms with Crippen LogP contribution in [0.25, 0.3) is 10.8 Å². The van der Waals surface area contributed by atoms with Gasteiger partial charge >= 0.3 is 0 Å². The van der Waals surface area contributed by atoms with Gasteiger partial charge in [0.25, 0.3) is 9.05 Å². The number of nitrogens with one attached hydrogen (secondary N) is 1. The highest BCUT2D eigenvalue weighted by molar-refractivity contribution is 8.27. The number of ether oxygens (including phenoxy) is 1. The second-order valence-electron chi connectivity index (χ2n) is 5.25. The molecule has 0 bridgehead atoms. The van der Waals surface area contributed by atoms with Gasteiger partial charge in [-0.15, -0.1) is 0 Å². The van der Waals surface area contributed by atoms with Crippen LogP contribution in [0.4, 0.5) is 0 Å². The summed E-state index contributed by atoms with van der Waals surface area (Å²) in [4.78, 5) is 4.29. The van der Waals surface area contributed by atoms with Gasteiger partial charge in [0.2, 0.25) is 5.88 Å².